The molecule has 8 aromatic rings. The number of unbranched alkanes of at least 4 members (excludes halogenated alkanes) is 3. The van der Waals surface area contributed by atoms with Crippen molar-refractivity contribution in [3.63, 3.8) is 0 Å². The third kappa shape index (κ3) is 7.29. The van der Waals surface area contributed by atoms with Crippen molar-refractivity contribution < 1.29 is 37.7 Å². The van der Waals surface area contributed by atoms with E-state index in [2.05, 4.69) is 25.1 Å². The van der Waals surface area contributed by atoms with Crippen LogP contribution < -0.4 is 18.9 Å². The molecule has 0 atom stereocenters. The average molecular weight is 743 g/mol. The molecule has 8 rings (SSSR count). The molecular formula is C48H38O8. The fourth-order valence-electron chi connectivity index (χ4n) is 7.12. The maximum atomic E-state index is 13.3. The number of rotatable bonds is 12. The first-order chi connectivity index (χ1) is 27.4. The molecule has 0 N–H and O–H groups in total. The Hall–Kier alpha value is -6.93. The predicted molar refractivity (Wildman–Crippen MR) is 217 cm³/mol. The summed E-state index contributed by atoms with van der Waals surface area (Å²) in [4.78, 5) is 38.9. The monoisotopic (exact) mass is 742 g/mol. The van der Waals surface area contributed by atoms with Crippen molar-refractivity contribution in [2.45, 2.75) is 39.0 Å². The van der Waals surface area contributed by atoms with Gasteiger partial charge in [-0.05, 0) is 130 Å². The second-order valence-electron chi connectivity index (χ2n) is 13.6. The maximum absolute atomic E-state index is 13.3. The Balaban J connectivity index is 0.923. The van der Waals surface area contributed by atoms with E-state index in [1.165, 1.54) is 61.2 Å². The van der Waals surface area contributed by atoms with Crippen molar-refractivity contribution in [2.24, 2.45) is 0 Å². The summed E-state index contributed by atoms with van der Waals surface area (Å²) in [6.07, 6.45) is 7.34. The van der Waals surface area contributed by atoms with Gasteiger partial charge in [0.15, 0.2) is 0 Å². The van der Waals surface area contributed by atoms with Crippen molar-refractivity contribution in [1.29, 1.82) is 0 Å². The van der Waals surface area contributed by atoms with Gasteiger partial charge in [-0.1, -0.05) is 62.6 Å². The van der Waals surface area contributed by atoms with E-state index in [1.54, 1.807) is 43.7 Å². The first-order valence-electron chi connectivity index (χ1n) is 18.7. The van der Waals surface area contributed by atoms with Crippen molar-refractivity contribution in [3.05, 3.63) is 156 Å². The van der Waals surface area contributed by atoms with Gasteiger partial charge in [0, 0.05) is 11.5 Å². The minimum Gasteiger partial charge on any atom is -0.496 e. The van der Waals surface area contributed by atoms with Gasteiger partial charge < -0.3 is 23.4 Å². The molecule has 0 aliphatic rings. The van der Waals surface area contributed by atoms with Gasteiger partial charge in [-0.15, -0.1) is 0 Å². The summed E-state index contributed by atoms with van der Waals surface area (Å²) in [6.45, 7) is 2.19. The number of carbonyl (C=O) groups is 3. The number of ether oxygens (including phenoxy) is 4. The molecule has 1 aromatic heterocycles. The van der Waals surface area contributed by atoms with Crippen LogP contribution in [0.4, 0.5) is 0 Å². The quantitative estimate of drug-likeness (QED) is 0.0528. The summed E-state index contributed by atoms with van der Waals surface area (Å²) in [7, 11) is 1.64. The van der Waals surface area contributed by atoms with E-state index in [4.69, 9.17) is 23.4 Å². The van der Waals surface area contributed by atoms with Crippen LogP contribution in [0.15, 0.2) is 138 Å². The van der Waals surface area contributed by atoms with Crippen molar-refractivity contribution in [1.82, 2.24) is 0 Å². The highest BCUT2D eigenvalue weighted by atomic mass is 16.5. The Morgan fingerprint density at radius 1 is 0.536 bits per heavy atom. The van der Waals surface area contributed by atoms with Crippen molar-refractivity contribution in [3.8, 4) is 23.0 Å². The number of aryl methyl sites for hydroxylation is 1. The first-order valence-corrected chi connectivity index (χ1v) is 18.7. The zero-order valence-electron chi connectivity index (χ0n) is 31.0. The first kappa shape index (κ1) is 36.1. The van der Waals surface area contributed by atoms with Gasteiger partial charge in [0.2, 0.25) is 0 Å². The second-order valence-corrected chi connectivity index (χ2v) is 13.6. The highest BCUT2D eigenvalue weighted by Crippen LogP contribution is 2.44. The van der Waals surface area contributed by atoms with Gasteiger partial charge in [-0.25, -0.2) is 14.4 Å². The molecule has 0 aliphatic heterocycles. The lowest BCUT2D eigenvalue weighted by atomic mass is 9.99. The Labute approximate surface area is 323 Å². The molecule has 0 amide bonds. The van der Waals surface area contributed by atoms with Gasteiger partial charge in [-0.2, -0.15) is 0 Å². The van der Waals surface area contributed by atoms with E-state index in [-0.39, 0.29) is 16.9 Å². The van der Waals surface area contributed by atoms with Crippen LogP contribution in [-0.2, 0) is 6.42 Å². The molecule has 8 nitrogen and oxygen atoms in total. The van der Waals surface area contributed by atoms with E-state index in [9.17, 15) is 14.4 Å². The van der Waals surface area contributed by atoms with Gasteiger partial charge >= 0.3 is 17.9 Å². The maximum Gasteiger partial charge on any atom is 0.343 e. The fourth-order valence-corrected chi connectivity index (χ4v) is 7.12. The number of methoxy groups -OCH3 is 1. The molecular weight excluding hydrogens is 705 g/mol. The largest absolute Gasteiger partial charge is 0.496 e. The zero-order chi connectivity index (χ0) is 38.6. The molecule has 0 radical (unpaired) electrons. The van der Waals surface area contributed by atoms with Crippen LogP contribution in [0, 0.1) is 0 Å². The highest BCUT2D eigenvalue weighted by Gasteiger charge is 2.19. The SMILES string of the molecule is CCCCCCc1ccc(C(=O)Oc2ccc(C(=O)Oc3ccc(C(=O)Oc4ccc5c(c4)c4c6ccccc6cc4c4c(OC)ccoc54)cc3)cc2)cc1. The average Bonchev–Trinajstić information content (AvgIpc) is 3.63. The lowest BCUT2D eigenvalue weighted by molar-refractivity contribution is 0.0725. The van der Waals surface area contributed by atoms with Gasteiger partial charge in [0.25, 0.3) is 0 Å². The third-order valence-electron chi connectivity index (χ3n) is 9.99. The molecule has 7 aromatic carbocycles. The molecule has 0 saturated heterocycles. The Bertz CT molecular complexity index is 2730. The summed E-state index contributed by atoms with van der Waals surface area (Å²) < 4.78 is 28.7. The van der Waals surface area contributed by atoms with E-state index in [0.29, 0.717) is 28.4 Å². The highest BCUT2D eigenvalue weighted by molar-refractivity contribution is 6.33. The van der Waals surface area contributed by atoms with Crippen molar-refractivity contribution >= 4 is 61.2 Å². The topological polar surface area (TPSA) is 101 Å². The number of esters is 3. The van der Waals surface area contributed by atoms with Gasteiger partial charge in [0.05, 0.1) is 35.4 Å². The molecule has 56 heavy (non-hydrogen) atoms. The minimum atomic E-state index is -0.605. The second kappa shape index (κ2) is 15.8. The molecule has 278 valence electrons. The Kier molecular flexibility index (Phi) is 10.2. The summed E-state index contributed by atoms with van der Waals surface area (Å²) in [5, 5.41) is 6.75. The zero-order valence-corrected chi connectivity index (χ0v) is 31.0. The number of benzene rings is 6. The van der Waals surface area contributed by atoms with Crippen LogP contribution in [0.1, 0.15) is 69.2 Å². The minimum absolute atomic E-state index is 0.248. The molecule has 0 unspecified atom stereocenters. The number of fused-ring (bicyclic) bond motifs is 8. The van der Waals surface area contributed by atoms with Crippen LogP contribution in [-0.4, -0.2) is 25.0 Å². The third-order valence-corrected chi connectivity index (χ3v) is 9.99. The van der Waals surface area contributed by atoms with E-state index >= 15 is 0 Å². The normalized spacial score (nSPS) is 11.2. The molecule has 0 aliphatic carbocycles. The summed E-state index contributed by atoms with van der Waals surface area (Å²) in [5.74, 6) is -0.0193. The van der Waals surface area contributed by atoms with Crippen molar-refractivity contribution in [2.75, 3.05) is 7.11 Å². The summed E-state index contributed by atoms with van der Waals surface area (Å²) in [5.41, 5.74) is 2.87. The van der Waals surface area contributed by atoms with Crippen LogP contribution in [0.5, 0.6) is 23.0 Å². The molecule has 0 saturated carbocycles. The lowest BCUT2D eigenvalue weighted by Gasteiger charge is -2.12. The fraction of sp³-hybridized carbons (Fsp3) is 0.146. The molecule has 0 spiro atoms. The van der Waals surface area contributed by atoms with Crippen LogP contribution in [0.2, 0.25) is 0 Å². The Morgan fingerprint density at radius 2 is 1.12 bits per heavy atom. The van der Waals surface area contributed by atoms with Crippen LogP contribution in [0.25, 0.3) is 43.3 Å². The standard InChI is InChI=1S/C48H38O8/c1-3-4-5-6-9-30-12-14-31(15-13-30)46(49)54-35-20-16-32(17-21-35)47(50)55-36-22-18-33(19-23-36)48(51)56-37-24-25-39-40(29-37)43-38-11-8-7-10-34(38)28-41(43)44-42(52-2)26-27-53-45(39)44/h7-8,10-29H,3-6,9H2,1-2H3. The summed E-state index contributed by atoms with van der Waals surface area (Å²) in [6, 6.07) is 37.3. The predicted octanol–water partition coefficient (Wildman–Crippen LogP) is 11.7. The van der Waals surface area contributed by atoms with Gasteiger partial charge in [-0.3, -0.25) is 0 Å². The van der Waals surface area contributed by atoms with Crippen LogP contribution >= 0.6 is 0 Å². The van der Waals surface area contributed by atoms with Crippen LogP contribution in [0.3, 0.4) is 0 Å². The summed E-state index contributed by atoms with van der Waals surface area (Å²) >= 11 is 0. The number of carbonyl (C=O) groups excluding carboxylic acids is 3. The molecule has 1 heterocycles. The molecule has 0 fully saturated rings. The van der Waals surface area contributed by atoms with E-state index < -0.39 is 17.9 Å². The van der Waals surface area contributed by atoms with Gasteiger partial charge in [0.1, 0.15) is 28.6 Å². The smallest absolute Gasteiger partial charge is 0.343 e. The lowest BCUT2D eigenvalue weighted by Crippen LogP contribution is -2.11. The Morgan fingerprint density at radius 3 is 1.75 bits per heavy atom. The van der Waals surface area contributed by atoms with E-state index in [0.717, 1.165) is 50.5 Å². The number of hydrogen-bond donors (Lipinski definition) is 0. The number of hydrogen-bond acceptors (Lipinski definition) is 8. The molecule has 0 bridgehead atoms. The molecule has 8 heteroatoms. The van der Waals surface area contributed by atoms with E-state index in [1.807, 2.05) is 42.5 Å².